The molecule has 0 saturated carbocycles. The largest absolute Gasteiger partial charge is 0.351 e. The molecule has 1 fully saturated rings. The molecule has 5 heteroatoms. The Balaban J connectivity index is 1.65. The predicted octanol–water partition coefficient (Wildman–Crippen LogP) is 2.14. The number of hydrogen-bond donors (Lipinski definition) is 1. The third-order valence-corrected chi connectivity index (χ3v) is 4.01. The zero-order chi connectivity index (χ0) is 14.7. The van der Waals surface area contributed by atoms with Crippen molar-refractivity contribution in [3.63, 3.8) is 0 Å². The van der Waals surface area contributed by atoms with Crippen molar-refractivity contribution in [3.05, 3.63) is 36.3 Å². The number of imidazole rings is 1. The Morgan fingerprint density at radius 3 is 3.14 bits per heavy atom. The van der Waals surface area contributed by atoms with Gasteiger partial charge in [-0.05, 0) is 30.9 Å². The zero-order valence-corrected chi connectivity index (χ0v) is 12.8. The van der Waals surface area contributed by atoms with Crippen LogP contribution in [0.3, 0.4) is 0 Å². The van der Waals surface area contributed by atoms with Crippen LogP contribution in [0.5, 0.6) is 0 Å². The number of pyridine rings is 1. The topological polar surface area (TPSA) is 44.9 Å². The fourth-order valence-electron chi connectivity index (χ4n) is 2.96. The maximum absolute atomic E-state index is 4.61. The Kier molecular flexibility index (Phi) is 4.08. The summed E-state index contributed by atoms with van der Waals surface area (Å²) in [7, 11) is 1.85. The molecule has 1 aliphatic heterocycles. The number of piperidine rings is 1. The standard InChI is InChI=1S/C16H23N5/c1-13-6-5-9-21(11-13)16(17-2)18-10-14-12-20-8-4-3-7-15(20)19-14/h3-4,7-8,12-13H,5-6,9-11H2,1-2H3,(H,17,18). The molecule has 0 amide bonds. The van der Waals surface area contributed by atoms with Crippen molar-refractivity contribution in [1.82, 2.24) is 19.6 Å². The second kappa shape index (κ2) is 6.16. The Morgan fingerprint density at radius 2 is 2.38 bits per heavy atom. The minimum atomic E-state index is 0.708. The summed E-state index contributed by atoms with van der Waals surface area (Å²) in [5.74, 6) is 1.73. The minimum absolute atomic E-state index is 0.708. The first-order valence-electron chi connectivity index (χ1n) is 7.64. The summed E-state index contributed by atoms with van der Waals surface area (Å²) in [6, 6.07) is 6.04. The summed E-state index contributed by atoms with van der Waals surface area (Å²) >= 11 is 0. The van der Waals surface area contributed by atoms with E-state index in [0.29, 0.717) is 6.54 Å². The third kappa shape index (κ3) is 3.17. The molecule has 5 nitrogen and oxygen atoms in total. The summed E-state index contributed by atoms with van der Waals surface area (Å²) in [4.78, 5) is 11.4. The summed E-state index contributed by atoms with van der Waals surface area (Å²) in [6.07, 6.45) is 6.65. The van der Waals surface area contributed by atoms with Crippen molar-refractivity contribution in [2.45, 2.75) is 26.3 Å². The summed E-state index contributed by atoms with van der Waals surface area (Å²) in [6.45, 7) is 5.20. The lowest BCUT2D eigenvalue weighted by Crippen LogP contribution is -2.45. The van der Waals surface area contributed by atoms with Gasteiger partial charge in [0.05, 0.1) is 12.2 Å². The molecule has 2 aromatic heterocycles. The van der Waals surface area contributed by atoms with E-state index in [1.807, 2.05) is 35.8 Å². The molecule has 2 aromatic rings. The molecule has 3 rings (SSSR count). The molecule has 0 aliphatic carbocycles. The first-order valence-corrected chi connectivity index (χ1v) is 7.64. The van der Waals surface area contributed by atoms with Gasteiger partial charge in [0.1, 0.15) is 5.65 Å². The second-order valence-electron chi connectivity index (χ2n) is 5.79. The molecule has 1 atom stereocenters. The van der Waals surface area contributed by atoms with Gasteiger partial charge in [-0.2, -0.15) is 0 Å². The lowest BCUT2D eigenvalue weighted by atomic mass is 10.0. The van der Waals surface area contributed by atoms with E-state index in [9.17, 15) is 0 Å². The van der Waals surface area contributed by atoms with Crippen LogP contribution in [0.1, 0.15) is 25.5 Å². The number of likely N-dealkylation sites (tertiary alicyclic amines) is 1. The van der Waals surface area contributed by atoms with Crippen LogP contribution >= 0.6 is 0 Å². The van der Waals surface area contributed by atoms with Gasteiger partial charge in [-0.25, -0.2) is 4.98 Å². The van der Waals surface area contributed by atoms with Crippen LogP contribution in [0.15, 0.2) is 35.6 Å². The van der Waals surface area contributed by atoms with E-state index >= 15 is 0 Å². The van der Waals surface area contributed by atoms with Gasteiger partial charge in [0.25, 0.3) is 0 Å². The van der Waals surface area contributed by atoms with Gasteiger partial charge in [0.2, 0.25) is 0 Å². The fraction of sp³-hybridized carbons (Fsp3) is 0.500. The molecule has 0 spiro atoms. The number of aliphatic imine (C=N–C) groups is 1. The van der Waals surface area contributed by atoms with Gasteiger partial charge >= 0.3 is 0 Å². The first kappa shape index (κ1) is 13.9. The molecular formula is C16H23N5. The first-order chi connectivity index (χ1) is 10.3. The Bertz CT molecular complexity index is 597. The SMILES string of the molecule is CN=C(NCc1cn2ccccc2n1)N1CCCC(C)C1. The molecule has 0 radical (unpaired) electrons. The van der Waals surface area contributed by atoms with E-state index in [0.717, 1.165) is 36.3 Å². The predicted molar refractivity (Wildman–Crippen MR) is 85.4 cm³/mol. The monoisotopic (exact) mass is 285 g/mol. The van der Waals surface area contributed by atoms with Crippen LogP contribution in [-0.4, -0.2) is 40.4 Å². The molecule has 1 aliphatic rings. The van der Waals surface area contributed by atoms with Gasteiger partial charge in [-0.3, -0.25) is 4.99 Å². The maximum atomic E-state index is 4.61. The second-order valence-corrected chi connectivity index (χ2v) is 5.79. The van der Waals surface area contributed by atoms with E-state index < -0.39 is 0 Å². The van der Waals surface area contributed by atoms with Gasteiger partial charge in [0, 0.05) is 32.5 Å². The van der Waals surface area contributed by atoms with E-state index in [1.54, 1.807) is 0 Å². The minimum Gasteiger partial charge on any atom is -0.351 e. The van der Waals surface area contributed by atoms with Crippen LogP contribution in [0, 0.1) is 5.92 Å². The highest BCUT2D eigenvalue weighted by Gasteiger charge is 2.19. The Hall–Kier alpha value is -2.04. The molecule has 1 saturated heterocycles. The summed E-state index contributed by atoms with van der Waals surface area (Å²) in [5, 5.41) is 3.44. The highest BCUT2D eigenvalue weighted by Crippen LogP contribution is 2.15. The molecule has 21 heavy (non-hydrogen) atoms. The van der Waals surface area contributed by atoms with Crippen molar-refractivity contribution >= 4 is 11.6 Å². The van der Waals surface area contributed by atoms with Gasteiger partial charge < -0.3 is 14.6 Å². The van der Waals surface area contributed by atoms with Crippen LogP contribution in [0.2, 0.25) is 0 Å². The van der Waals surface area contributed by atoms with E-state index in [-0.39, 0.29) is 0 Å². The average molecular weight is 285 g/mol. The average Bonchev–Trinajstić information content (AvgIpc) is 2.91. The van der Waals surface area contributed by atoms with E-state index in [2.05, 4.69) is 33.3 Å². The van der Waals surface area contributed by atoms with Crippen LogP contribution in [-0.2, 0) is 6.54 Å². The van der Waals surface area contributed by atoms with Crippen molar-refractivity contribution in [1.29, 1.82) is 0 Å². The normalized spacial score (nSPS) is 20.0. The van der Waals surface area contributed by atoms with Crippen LogP contribution < -0.4 is 5.32 Å². The molecule has 0 aromatic carbocycles. The fourth-order valence-corrected chi connectivity index (χ4v) is 2.96. The molecule has 112 valence electrons. The van der Waals surface area contributed by atoms with Crippen molar-refractivity contribution in [3.8, 4) is 0 Å². The van der Waals surface area contributed by atoms with Crippen LogP contribution in [0.4, 0.5) is 0 Å². The van der Waals surface area contributed by atoms with Crippen molar-refractivity contribution < 1.29 is 0 Å². The van der Waals surface area contributed by atoms with Crippen LogP contribution in [0.25, 0.3) is 5.65 Å². The van der Waals surface area contributed by atoms with Crippen molar-refractivity contribution in [2.24, 2.45) is 10.9 Å². The molecule has 1 N–H and O–H groups in total. The molecule has 1 unspecified atom stereocenters. The van der Waals surface area contributed by atoms with Gasteiger partial charge in [-0.1, -0.05) is 13.0 Å². The highest BCUT2D eigenvalue weighted by molar-refractivity contribution is 5.79. The number of aromatic nitrogens is 2. The number of rotatable bonds is 2. The maximum Gasteiger partial charge on any atom is 0.193 e. The lowest BCUT2D eigenvalue weighted by Gasteiger charge is -2.33. The Labute approximate surface area is 125 Å². The smallest absolute Gasteiger partial charge is 0.193 e. The summed E-state index contributed by atoms with van der Waals surface area (Å²) < 4.78 is 2.04. The van der Waals surface area contributed by atoms with Crippen molar-refractivity contribution in [2.75, 3.05) is 20.1 Å². The zero-order valence-electron chi connectivity index (χ0n) is 12.8. The summed E-state index contributed by atoms with van der Waals surface area (Å²) in [5.41, 5.74) is 2.02. The third-order valence-electron chi connectivity index (χ3n) is 4.01. The quantitative estimate of drug-likeness (QED) is 0.679. The molecule has 0 bridgehead atoms. The number of nitrogens with one attached hydrogen (secondary N) is 1. The number of nitrogens with zero attached hydrogens (tertiary/aromatic N) is 4. The van der Waals surface area contributed by atoms with Gasteiger partial charge in [-0.15, -0.1) is 0 Å². The Morgan fingerprint density at radius 1 is 1.48 bits per heavy atom. The van der Waals surface area contributed by atoms with E-state index in [4.69, 9.17) is 0 Å². The highest BCUT2D eigenvalue weighted by atomic mass is 15.3. The number of guanidine groups is 1. The van der Waals surface area contributed by atoms with E-state index in [1.165, 1.54) is 12.8 Å². The number of hydrogen-bond acceptors (Lipinski definition) is 2. The van der Waals surface area contributed by atoms with Gasteiger partial charge in [0.15, 0.2) is 5.96 Å². The number of fused-ring (bicyclic) bond motifs is 1. The molecular weight excluding hydrogens is 262 g/mol. The molecule has 3 heterocycles. The lowest BCUT2D eigenvalue weighted by molar-refractivity contribution is 0.266.